The van der Waals surface area contributed by atoms with Crippen molar-refractivity contribution in [1.29, 1.82) is 0 Å². The van der Waals surface area contributed by atoms with Crippen molar-refractivity contribution in [3.05, 3.63) is 28.4 Å². The maximum absolute atomic E-state index is 11.3. The van der Waals surface area contributed by atoms with Gasteiger partial charge in [0.05, 0.1) is 24.9 Å². The summed E-state index contributed by atoms with van der Waals surface area (Å²) in [5.74, 6) is 0.111. The third kappa shape index (κ3) is 2.82. The van der Waals surface area contributed by atoms with Gasteiger partial charge in [-0.15, -0.1) is 11.6 Å². The van der Waals surface area contributed by atoms with Gasteiger partial charge in [0.15, 0.2) is 0 Å². The van der Waals surface area contributed by atoms with Gasteiger partial charge in [0.25, 0.3) is 5.56 Å². The van der Waals surface area contributed by atoms with Gasteiger partial charge in [-0.2, -0.15) is 0 Å². The van der Waals surface area contributed by atoms with Gasteiger partial charge in [-0.1, -0.05) is 0 Å². The van der Waals surface area contributed by atoms with E-state index in [1.54, 1.807) is 6.92 Å². The number of nitrogens with zero attached hydrogens (tertiary/aromatic N) is 2. The highest BCUT2D eigenvalue weighted by atomic mass is 35.5. The molecule has 13 heavy (non-hydrogen) atoms. The first-order chi connectivity index (χ1) is 6.13. The van der Waals surface area contributed by atoms with Crippen LogP contribution >= 0.6 is 11.6 Å². The van der Waals surface area contributed by atoms with Crippen molar-refractivity contribution in [2.24, 2.45) is 0 Å². The van der Waals surface area contributed by atoms with E-state index in [0.717, 1.165) is 0 Å². The van der Waals surface area contributed by atoms with Gasteiger partial charge in [-0.25, -0.2) is 4.98 Å². The number of aryl methyl sites for hydroxylation is 1. The van der Waals surface area contributed by atoms with Crippen LogP contribution < -0.4 is 5.56 Å². The molecule has 1 aromatic rings. The Morgan fingerprint density at radius 3 is 3.00 bits per heavy atom. The molecule has 1 unspecified atom stereocenters. The summed E-state index contributed by atoms with van der Waals surface area (Å²) < 4.78 is 1.33. The molecule has 0 saturated carbocycles. The number of hydrogen-bond donors (Lipinski definition) is 1. The molecule has 1 heterocycles. The van der Waals surface area contributed by atoms with Gasteiger partial charge < -0.3 is 5.11 Å². The fourth-order valence-electron chi connectivity index (χ4n) is 0.929. The maximum atomic E-state index is 11.3. The van der Waals surface area contributed by atoms with Gasteiger partial charge in [-0.3, -0.25) is 9.36 Å². The Labute approximate surface area is 80.8 Å². The minimum Gasteiger partial charge on any atom is -0.390 e. The number of aliphatic hydroxyl groups is 1. The van der Waals surface area contributed by atoms with E-state index in [1.807, 2.05) is 0 Å². The largest absolute Gasteiger partial charge is 0.390 e. The lowest BCUT2D eigenvalue weighted by molar-refractivity contribution is 0.174. The van der Waals surface area contributed by atoms with Crippen LogP contribution in [0, 0.1) is 6.92 Å². The number of aromatic nitrogens is 2. The zero-order chi connectivity index (χ0) is 9.84. The molecule has 0 aliphatic rings. The molecule has 0 radical (unpaired) electrons. The first kappa shape index (κ1) is 10.2. The molecule has 0 aromatic carbocycles. The van der Waals surface area contributed by atoms with Crippen LogP contribution in [0.25, 0.3) is 0 Å². The average molecular weight is 203 g/mol. The molecular weight excluding hydrogens is 192 g/mol. The van der Waals surface area contributed by atoms with Crippen molar-refractivity contribution in [1.82, 2.24) is 9.55 Å². The molecule has 0 bridgehead atoms. The molecule has 0 spiro atoms. The maximum Gasteiger partial charge on any atom is 0.253 e. The van der Waals surface area contributed by atoms with Crippen LogP contribution in [0.1, 0.15) is 5.69 Å². The fraction of sp³-hybridized carbons (Fsp3) is 0.500. The molecule has 5 heteroatoms. The van der Waals surface area contributed by atoms with Crippen molar-refractivity contribution < 1.29 is 5.11 Å². The van der Waals surface area contributed by atoms with Crippen molar-refractivity contribution in [2.45, 2.75) is 19.6 Å². The zero-order valence-electron chi connectivity index (χ0n) is 7.27. The summed E-state index contributed by atoms with van der Waals surface area (Å²) in [5.41, 5.74) is 0.498. The summed E-state index contributed by atoms with van der Waals surface area (Å²) in [4.78, 5) is 15.2. The molecule has 1 aromatic heterocycles. The Balaban J connectivity index is 2.84. The van der Waals surface area contributed by atoms with E-state index in [1.165, 1.54) is 17.0 Å². The molecular formula is C8H11ClN2O2. The fourth-order valence-corrected chi connectivity index (χ4v) is 1.03. The Kier molecular flexibility index (Phi) is 3.45. The molecule has 0 aliphatic heterocycles. The molecule has 0 fully saturated rings. The highest BCUT2D eigenvalue weighted by Crippen LogP contribution is 1.92. The van der Waals surface area contributed by atoms with Crippen LogP contribution in [0.15, 0.2) is 17.2 Å². The van der Waals surface area contributed by atoms with E-state index in [9.17, 15) is 9.90 Å². The van der Waals surface area contributed by atoms with Crippen molar-refractivity contribution in [3.63, 3.8) is 0 Å². The minimum absolute atomic E-state index is 0.111. The van der Waals surface area contributed by atoms with Crippen LogP contribution in [-0.2, 0) is 6.54 Å². The Morgan fingerprint density at radius 1 is 1.77 bits per heavy atom. The van der Waals surface area contributed by atoms with Gasteiger partial charge in [0, 0.05) is 11.8 Å². The zero-order valence-corrected chi connectivity index (χ0v) is 8.03. The predicted octanol–water partition coefficient (Wildman–Crippen LogP) is 0.151. The number of hydrogen-bond acceptors (Lipinski definition) is 3. The predicted molar refractivity (Wildman–Crippen MR) is 50.0 cm³/mol. The second-order valence-electron chi connectivity index (χ2n) is 2.83. The number of alkyl halides is 1. The molecule has 4 nitrogen and oxygen atoms in total. The highest BCUT2D eigenvalue weighted by molar-refractivity contribution is 6.18. The summed E-state index contributed by atoms with van der Waals surface area (Å²) in [6, 6.07) is 1.42. The lowest BCUT2D eigenvalue weighted by atomic mass is 10.4. The molecule has 72 valence electrons. The Bertz CT molecular complexity index is 337. The average Bonchev–Trinajstić information content (AvgIpc) is 2.09. The Morgan fingerprint density at radius 2 is 2.46 bits per heavy atom. The van der Waals surface area contributed by atoms with Crippen molar-refractivity contribution in [2.75, 3.05) is 5.88 Å². The summed E-state index contributed by atoms with van der Waals surface area (Å²) in [7, 11) is 0. The summed E-state index contributed by atoms with van der Waals surface area (Å²) in [6.07, 6.45) is 0.705. The number of halogens is 1. The van der Waals surface area contributed by atoms with Crippen molar-refractivity contribution >= 4 is 11.6 Å². The van der Waals surface area contributed by atoms with E-state index in [0.29, 0.717) is 5.69 Å². The van der Waals surface area contributed by atoms with Crippen LogP contribution in [0.2, 0.25) is 0 Å². The third-order valence-corrected chi connectivity index (χ3v) is 1.96. The van der Waals surface area contributed by atoms with E-state index in [-0.39, 0.29) is 18.0 Å². The van der Waals surface area contributed by atoms with Crippen LogP contribution in [-0.4, -0.2) is 26.6 Å². The highest BCUT2D eigenvalue weighted by Gasteiger charge is 2.04. The lowest BCUT2D eigenvalue weighted by Gasteiger charge is -2.08. The molecule has 0 aliphatic carbocycles. The second kappa shape index (κ2) is 4.39. The minimum atomic E-state index is -0.705. The third-order valence-electron chi connectivity index (χ3n) is 1.60. The molecule has 1 atom stereocenters. The first-order valence-electron chi connectivity index (χ1n) is 3.90. The molecule has 1 N–H and O–H groups in total. The quantitative estimate of drug-likeness (QED) is 0.710. The summed E-state index contributed by atoms with van der Waals surface area (Å²) in [5, 5.41) is 9.19. The number of rotatable bonds is 3. The summed E-state index contributed by atoms with van der Waals surface area (Å²) in [6.45, 7) is 1.93. The SMILES string of the molecule is Cc1cc(=O)n(CC(O)CCl)cn1. The molecule has 0 saturated heterocycles. The van der Waals surface area contributed by atoms with Crippen LogP contribution in [0.4, 0.5) is 0 Å². The standard InChI is InChI=1S/C8H11ClN2O2/c1-6-2-8(13)11(5-10-6)4-7(12)3-9/h2,5,7,12H,3-4H2,1H3. The topological polar surface area (TPSA) is 55.1 Å². The van der Waals surface area contributed by atoms with Crippen molar-refractivity contribution in [3.8, 4) is 0 Å². The Hall–Kier alpha value is -0.870. The van der Waals surface area contributed by atoms with Gasteiger partial charge in [0.2, 0.25) is 0 Å². The van der Waals surface area contributed by atoms with E-state index in [2.05, 4.69) is 4.98 Å². The lowest BCUT2D eigenvalue weighted by Crippen LogP contribution is -2.27. The summed E-state index contributed by atoms with van der Waals surface area (Å²) >= 11 is 5.40. The van der Waals surface area contributed by atoms with E-state index < -0.39 is 6.10 Å². The first-order valence-corrected chi connectivity index (χ1v) is 4.44. The van der Waals surface area contributed by atoms with Gasteiger partial charge in [0.1, 0.15) is 0 Å². The van der Waals surface area contributed by atoms with Gasteiger partial charge in [-0.05, 0) is 6.92 Å². The second-order valence-corrected chi connectivity index (χ2v) is 3.14. The van der Waals surface area contributed by atoms with E-state index in [4.69, 9.17) is 11.6 Å². The van der Waals surface area contributed by atoms with Crippen LogP contribution in [0.5, 0.6) is 0 Å². The monoisotopic (exact) mass is 202 g/mol. The van der Waals surface area contributed by atoms with Gasteiger partial charge >= 0.3 is 0 Å². The van der Waals surface area contributed by atoms with Crippen LogP contribution in [0.3, 0.4) is 0 Å². The van der Waals surface area contributed by atoms with E-state index >= 15 is 0 Å². The normalized spacial score (nSPS) is 12.8. The molecule has 0 amide bonds. The number of aliphatic hydroxyl groups excluding tert-OH is 1. The molecule has 1 rings (SSSR count). The smallest absolute Gasteiger partial charge is 0.253 e.